The minimum Gasteiger partial charge on any atom is -0.354 e. The smallest absolute Gasteiger partial charge is 0.234 e. The molecule has 7 heterocycles. The number of nitrogens with zero attached hydrogens (tertiary/aromatic N) is 5. The van der Waals surface area contributed by atoms with Gasteiger partial charge in [-0.2, -0.15) is 0 Å². The van der Waals surface area contributed by atoms with E-state index < -0.39 is 0 Å². The summed E-state index contributed by atoms with van der Waals surface area (Å²) in [6.07, 6.45) is 6.43. The van der Waals surface area contributed by atoms with Crippen molar-refractivity contribution in [3.63, 3.8) is 0 Å². The van der Waals surface area contributed by atoms with Gasteiger partial charge >= 0.3 is 0 Å². The van der Waals surface area contributed by atoms with Crippen molar-refractivity contribution < 1.29 is 4.79 Å². The Morgan fingerprint density at radius 3 is 2.47 bits per heavy atom. The number of hydrogen-bond donors (Lipinski definition) is 2. The van der Waals surface area contributed by atoms with Crippen LogP contribution in [0.5, 0.6) is 0 Å². The number of rotatable bonds is 2. The second-order valence-electron chi connectivity index (χ2n) is 10.9. The Kier molecular flexibility index (Phi) is 7.62. The maximum Gasteiger partial charge on any atom is 0.234 e. The predicted octanol–water partition coefficient (Wildman–Crippen LogP) is 3.35. The molecular formula is C30H37N7O. The van der Waals surface area contributed by atoms with E-state index >= 15 is 0 Å². The highest BCUT2D eigenvalue weighted by Crippen LogP contribution is 2.30. The Labute approximate surface area is 225 Å². The van der Waals surface area contributed by atoms with E-state index in [9.17, 15) is 4.79 Å². The monoisotopic (exact) mass is 511 g/mol. The average molecular weight is 512 g/mol. The third kappa shape index (κ3) is 6.75. The fourth-order valence-electron chi connectivity index (χ4n) is 5.37. The summed E-state index contributed by atoms with van der Waals surface area (Å²) in [6.45, 7) is 8.53. The number of pyridine rings is 2. The van der Waals surface area contributed by atoms with Crippen LogP contribution in [-0.4, -0.2) is 82.9 Å². The number of aromatic nitrogens is 2. The maximum atomic E-state index is 12.7. The first-order chi connectivity index (χ1) is 18.7. The largest absolute Gasteiger partial charge is 0.354 e. The van der Waals surface area contributed by atoms with Gasteiger partial charge in [0.05, 0.1) is 12.2 Å². The molecule has 0 atom stereocenters. The van der Waals surface area contributed by atoms with Gasteiger partial charge in [-0.05, 0) is 60.2 Å². The Bertz CT molecular complexity index is 1240. The molecule has 8 nitrogen and oxygen atoms in total. The predicted molar refractivity (Wildman–Crippen MR) is 150 cm³/mol. The lowest BCUT2D eigenvalue weighted by Crippen LogP contribution is -2.49. The van der Waals surface area contributed by atoms with Crippen molar-refractivity contribution >= 4 is 17.4 Å². The van der Waals surface area contributed by atoms with E-state index in [1.807, 2.05) is 18.5 Å². The second-order valence-corrected chi connectivity index (χ2v) is 10.9. The summed E-state index contributed by atoms with van der Waals surface area (Å²) in [6, 6.07) is 16.9. The number of carbonyl (C=O) groups excluding carboxylic acids is 1. The molecule has 6 aliphatic rings. The van der Waals surface area contributed by atoms with E-state index in [0.29, 0.717) is 13.1 Å². The molecule has 1 aliphatic carbocycles. The lowest BCUT2D eigenvalue weighted by Gasteiger charge is -2.34. The van der Waals surface area contributed by atoms with Crippen molar-refractivity contribution in [2.24, 2.45) is 5.92 Å². The van der Waals surface area contributed by atoms with Crippen molar-refractivity contribution in [3.05, 3.63) is 72.2 Å². The summed E-state index contributed by atoms with van der Waals surface area (Å²) in [7, 11) is 0. The molecule has 38 heavy (non-hydrogen) atoms. The van der Waals surface area contributed by atoms with Crippen molar-refractivity contribution in [3.8, 4) is 11.1 Å². The average Bonchev–Trinajstić information content (AvgIpc) is 3.74. The molecule has 0 radical (unpaired) electrons. The standard InChI is InChI=1S/C30H37N7O/c38-30-22-36-14-12-35(13-15-36)20-24-2-1-3-27(16-24)34-29-17-25(8-9-31-29)26-6-7-28(33-18-26)21-37(11-10-32-30)19-23-4-5-23/h1-3,6-9,16-18,23H,4-5,10-15,19-22H2,(H,31,34)(H,32,38). The molecule has 5 aliphatic heterocycles. The van der Waals surface area contributed by atoms with Crippen LogP contribution in [-0.2, 0) is 17.9 Å². The first kappa shape index (κ1) is 25.0. The molecule has 198 valence electrons. The van der Waals surface area contributed by atoms with Crippen LogP contribution >= 0.6 is 0 Å². The SMILES string of the molecule is O=C1CN2CCN(CC2)Cc2cccc(c2)Nc2cc(ccn2)-c2ccc(nc2)CN(CC2CC2)CCN1. The van der Waals surface area contributed by atoms with Gasteiger partial charge in [0.15, 0.2) is 0 Å². The van der Waals surface area contributed by atoms with Crippen LogP contribution in [0.15, 0.2) is 60.9 Å². The molecular weight excluding hydrogens is 474 g/mol. The Hall–Kier alpha value is -3.33. The number of piperazine rings is 1. The van der Waals surface area contributed by atoms with Gasteiger partial charge in [0.1, 0.15) is 5.82 Å². The first-order valence-corrected chi connectivity index (χ1v) is 13.9. The summed E-state index contributed by atoms with van der Waals surface area (Å²) in [5.74, 6) is 1.73. The Morgan fingerprint density at radius 2 is 1.68 bits per heavy atom. The van der Waals surface area contributed by atoms with Gasteiger partial charge in [-0.15, -0.1) is 0 Å². The molecule has 8 heteroatoms. The van der Waals surface area contributed by atoms with Gasteiger partial charge in [0, 0.05) is 82.5 Å². The molecule has 1 amide bonds. The van der Waals surface area contributed by atoms with Crippen molar-refractivity contribution in [1.82, 2.24) is 30.0 Å². The third-order valence-corrected chi connectivity index (χ3v) is 7.70. The van der Waals surface area contributed by atoms with Crippen LogP contribution in [0.2, 0.25) is 0 Å². The number of hydrogen-bond acceptors (Lipinski definition) is 7. The zero-order chi connectivity index (χ0) is 25.7. The lowest BCUT2D eigenvalue weighted by atomic mass is 10.1. The number of amides is 1. The molecule has 1 saturated carbocycles. The van der Waals surface area contributed by atoms with E-state index in [1.165, 1.54) is 18.4 Å². The zero-order valence-corrected chi connectivity index (χ0v) is 22.0. The lowest BCUT2D eigenvalue weighted by molar-refractivity contribution is -0.122. The molecule has 2 aromatic heterocycles. The van der Waals surface area contributed by atoms with E-state index in [-0.39, 0.29) is 5.91 Å². The van der Waals surface area contributed by atoms with E-state index in [2.05, 4.69) is 72.8 Å². The fourth-order valence-corrected chi connectivity index (χ4v) is 5.37. The fraction of sp³-hybridized carbons (Fsp3) is 0.433. The second kappa shape index (κ2) is 11.6. The number of carbonyl (C=O) groups is 1. The highest BCUT2D eigenvalue weighted by Gasteiger charge is 2.25. The van der Waals surface area contributed by atoms with Gasteiger partial charge in [0.25, 0.3) is 0 Å². The molecule has 9 rings (SSSR count). The molecule has 3 aromatic rings. The quantitative estimate of drug-likeness (QED) is 0.547. The molecule has 2 fully saturated rings. The van der Waals surface area contributed by atoms with Crippen LogP contribution in [0, 0.1) is 5.92 Å². The molecule has 0 spiro atoms. The van der Waals surface area contributed by atoms with Crippen molar-refractivity contribution in [2.45, 2.75) is 25.9 Å². The topological polar surface area (TPSA) is 76.6 Å². The van der Waals surface area contributed by atoms with Gasteiger partial charge in [-0.3, -0.25) is 24.5 Å². The van der Waals surface area contributed by atoms with Gasteiger partial charge in [-0.1, -0.05) is 18.2 Å². The highest BCUT2D eigenvalue weighted by molar-refractivity contribution is 5.78. The van der Waals surface area contributed by atoms with Crippen LogP contribution in [0.4, 0.5) is 11.5 Å². The minimum atomic E-state index is 0.125. The molecule has 8 bridgehead atoms. The van der Waals surface area contributed by atoms with E-state index in [0.717, 1.165) is 86.6 Å². The van der Waals surface area contributed by atoms with Gasteiger partial charge in [0.2, 0.25) is 5.91 Å². The van der Waals surface area contributed by atoms with Crippen LogP contribution < -0.4 is 10.6 Å². The number of benzene rings is 1. The Balaban J connectivity index is 1.23. The van der Waals surface area contributed by atoms with Gasteiger partial charge < -0.3 is 10.6 Å². The van der Waals surface area contributed by atoms with Crippen LogP contribution in [0.1, 0.15) is 24.1 Å². The minimum absolute atomic E-state index is 0.125. The summed E-state index contributed by atoms with van der Waals surface area (Å²) in [4.78, 5) is 29.2. The van der Waals surface area contributed by atoms with E-state index in [1.54, 1.807) is 0 Å². The molecule has 1 saturated heterocycles. The van der Waals surface area contributed by atoms with E-state index in [4.69, 9.17) is 4.98 Å². The van der Waals surface area contributed by atoms with Crippen LogP contribution in [0.25, 0.3) is 11.1 Å². The molecule has 0 unspecified atom stereocenters. The molecule has 1 aromatic carbocycles. The third-order valence-electron chi connectivity index (χ3n) is 7.70. The number of nitrogens with one attached hydrogen (secondary N) is 2. The Morgan fingerprint density at radius 1 is 0.842 bits per heavy atom. The normalized spacial score (nSPS) is 23.0. The first-order valence-electron chi connectivity index (χ1n) is 13.9. The number of anilines is 2. The zero-order valence-electron chi connectivity index (χ0n) is 22.0. The van der Waals surface area contributed by atoms with Gasteiger partial charge in [-0.25, -0.2) is 4.98 Å². The maximum absolute atomic E-state index is 12.7. The summed E-state index contributed by atoms with van der Waals surface area (Å²) < 4.78 is 0. The summed E-state index contributed by atoms with van der Waals surface area (Å²) in [5, 5.41) is 6.65. The highest BCUT2D eigenvalue weighted by atomic mass is 16.2. The van der Waals surface area contributed by atoms with Crippen molar-refractivity contribution in [1.29, 1.82) is 0 Å². The van der Waals surface area contributed by atoms with Crippen molar-refractivity contribution in [2.75, 3.05) is 57.7 Å². The molecule has 2 N–H and O–H groups in total. The summed E-state index contributed by atoms with van der Waals surface area (Å²) in [5.41, 5.74) is 5.52. The summed E-state index contributed by atoms with van der Waals surface area (Å²) >= 11 is 0. The van der Waals surface area contributed by atoms with Crippen LogP contribution in [0.3, 0.4) is 0 Å².